The fraction of sp³-hybridized carbons (Fsp3) is 0.333. The molecule has 0 radical (unpaired) electrons. The smallest absolute Gasteiger partial charge is 0.125 e. The van der Waals surface area contributed by atoms with Gasteiger partial charge in [-0.15, -0.1) is 0 Å². The van der Waals surface area contributed by atoms with Gasteiger partial charge in [0.25, 0.3) is 0 Å². The molecule has 0 saturated carbocycles. The van der Waals surface area contributed by atoms with Gasteiger partial charge >= 0.3 is 0 Å². The molecule has 4 heteroatoms. The molecule has 31 heavy (non-hydrogen) atoms. The normalized spacial score (nSPS) is 15.5. The summed E-state index contributed by atoms with van der Waals surface area (Å²) in [6, 6.07) is 18.7. The van der Waals surface area contributed by atoms with E-state index in [0.717, 1.165) is 76.9 Å². The van der Waals surface area contributed by atoms with Crippen molar-refractivity contribution in [3.05, 3.63) is 71.3 Å². The molecule has 0 bridgehead atoms. The Kier molecular flexibility index (Phi) is 4.71. The number of rotatable bonds is 6. The zero-order valence-electron chi connectivity index (χ0n) is 19.7. The van der Waals surface area contributed by atoms with E-state index in [4.69, 9.17) is 9.47 Å². The highest BCUT2D eigenvalue weighted by atomic mass is 16.5. The molecule has 160 valence electrons. The van der Waals surface area contributed by atoms with Crippen molar-refractivity contribution >= 4 is 22.7 Å². The lowest BCUT2D eigenvalue weighted by molar-refractivity contribution is 0.402. The summed E-state index contributed by atoms with van der Waals surface area (Å²) >= 11 is 0. The molecule has 0 aromatic heterocycles. The van der Waals surface area contributed by atoms with Crippen LogP contribution in [-0.2, 0) is 0 Å². The molecule has 0 aliphatic carbocycles. The summed E-state index contributed by atoms with van der Waals surface area (Å²) in [5.41, 5.74) is 7.04. The molecule has 2 aliphatic rings. The zero-order valence-corrected chi connectivity index (χ0v) is 18.7. The highest BCUT2D eigenvalue weighted by Crippen LogP contribution is 2.60. The number of hydrogen-bond acceptors (Lipinski definition) is 4. The Labute approximate surface area is 186 Å². The first kappa shape index (κ1) is 18.6. The van der Waals surface area contributed by atoms with Crippen molar-refractivity contribution in [1.29, 1.82) is 0 Å². The van der Waals surface area contributed by atoms with E-state index < -0.39 is 5.89 Å². The molecule has 3 aromatic carbocycles. The maximum atomic E-state index is 10.2. The topological polar surface area (TPSA) is 24.9 Å². The van der Waals surface area contributed by atoms with Crippen LogP contribution < -0.4 is 19.3 Å². The summed E-state index contributed by atoms with van der Waals surface area (Å²) in [5, 5.41) is 0. The Morgan fingerprint density at radius 1 is 0.677 bits per heavy atom. The van der Waals surface area contributed by atoms with E-state index in [2.05, 4.69) is 54.0 Å². The predicted octanol–water partition coefficient (Wildman–Crippen LogP) is 6.61. The minimum absolute atomic E-state index is 0.736. The van der Waals surface area contributed by atoms with E-state index in [1.54, 1.807) is 14.2 Å². The van der Waals surface area contributed by atoms with E-state index in [0.29, 0.717) is 0 Å². The molecular formula is C27H30N2O2. The van der Waals surface area contributed by atoms with Gasteiger partial charge in [-0.1, -0.05) is 32.0 Å². The Hall–Kier alpha value is -3.14. The van der Waals surface area contributed by atoms with Crippen LogP contribution in [0, 0.1) is 0 Å². The van der Waals surface area contributed by atoms with Crippen LogP contribution in [0.4, 0.5) is 22.7 Å². The van der Waals surface area contributed by atoms with Gasteiger partial charge in [-0.3, -0.25) is 0 Å². The van der Waals surface area contributed by atoms with Gasteiger partial charge in [0.05, 0.1) is 14.2 Å². The summed E-state index contributed by atoms with van der Waals surface area (Å²) in [6.07, 6.45) is 2.01. The first-order valence-corrected chi connectivity index (χ1v) is 11.1. The molecule has 0 unspecified atom stereocenters. The second kappa shape index (κ2) is 7.84. The Balaban J connectivity index is 1.96. The van der Waals surface area contributed by atoms with E-state index >= 15 is 0 Å². The van der Waals surface area contributed by atoms with Gasteiger partial charge in [-0.2, -0.15) is 0 Å². The molecule has 0 fully saturated rings. The number of ether oxygens (including phenoxy) is 2. The third kappa shape index (κ3) is 2.81. The summed E-state index contributed by atoms with van der Waals surface area (Å²) in [4.78, 5) is 4.71. The standard InChI is InChI=1S/C27H30N2O2/c1-5-16-28-18-10-7-11-19-24(18)27(25-20(28)12-8-14-22(25)30-3)26-21(29(19)17-6-2)13-9-15-23(26)31-4/h7-15,27H,5-6,16-17H2,1-4H3/i27D. The van der Waals surface area contributed by atoms with Crippen LogP contribution in [0.2, 0.25) is 0 Å². The molecule has 3 aromatic rings. The lowest BCUT2D eigenvalue weighted by Gasteiger charge is -2.45. The van der Waals surface area contributed by atoms with Crippen LogP contribution >= 0.6 is 0 Å². The average Bonchev–Trinajstić information content (AvgIpc) is 2.83. The van der Waals surface area contributed by atoms with Crippen molar-refractivity contribution in [3.63, 3.8) is 0 Å². The van der Waals surface area contributed by atoms with Gasteiger partial charge < -0.3 is 19.3 Å². The van der Waals surface area contributed by atoms with Crippen LogP contribution in [0.1, 0.15) is 50.6 Å². The van der Waals surface area contributed by atoms with Crippen LogP contribution in [0.15, 0.2) is 54.6 Å². The van der Waals surface area contributed by atoms with E-state index in [9.17, 15) is 1.37 Å². The minimum atomic E-state index is -1.15. The van der Waals surface area contributed by atoms with Crippen LogP contribution in [-0.4, -0.2) is 27.3 Å². The monoisotopic (exact) mass is 415 g/mol. The Morgan fingerprint density at radius 2 is 1.06 bits per heavy atom. The van der Waals surface area contributed by atoms with Crippen molar-refractivity contribution < 1.29 is 10.8 Å². The first-order chi connectivity index (χ1) is 15.6. The van der Waals surface area contributed by atoms with E-state index in [1.165, 1.54) is 0 Å². The van der Waals surface area contributed by atoms with Gasteiger partial charge in [0.1, 0.15) is 11.5 Å². The van der Waals surface area contributed by atoms with Gasteiger partial charge in [0, 0.05) is 59.8 Å². The van der Waals surface area contributed by atoms with Gasteiger partial charge in [-0.25, -0.2) is 0 Å². The molecule has 0 N–H and O–H groups in total. The van der Waals surface area contributed by atoms with Crippen molar-refractivity contribution in [2.24, 2.45) is 0 Å². The molecule has 2 aliphatic heterocycles. The summed E-state index contributed by atoms with van der Waals surface area (Å²) < 4.78 is 22.0. The number of anilines is 4. The fourth-order valence-electron chi connectivity index (χ4n) is 5.13. The van der Waals surface area contributed by atoms with Gasteiger partial charge in [0.15, 0.2) is 0 Å². The van der Waals surface area contributed by atoms with Gasteiger partial charge in [-0.05, 0) is 49.2 Å². The van der Waals surface area contributed by atoms with Crippen LogP contribution in [0.25, 0.3) is 0 Å². The summed E-state index contributed by atoms with van der Waals surface area (Å²) in [6.45, 7) is 6.14. The third-order valence-electron chi connectivity index (χ3n) is 6.28. The second-order valence-electron chi connectivity index (χ2n) is 8.06. The maximum Gasteiger partial charge on any atom is 0.125 e. The third-order valence-corrected chi connectivity index (χ3v) is 6.28. The van der Waals surface area contributed by atoms with Crippen LogP contribution in [0.3, 0.4) is 0 Å². The molecule has 0 spiro atoms. The minimum Gasteiger partial charge on any atom is -0.496 e. The lowest BCUT2D eigenvalue weighted by atomic mass is 9.75. The largest absolute Gasteiger partial charge is 0.496 e. The highest BCUT2D eigenvalue weighted by Gasteiger charge is 2.42. The quantitative estimate of drug-likeness (QED) is 0.452. The number of methoxy groups -OCH3 is 2. The summed E-state index contributed by atoms with van der Waals surface area (Å²) in [5.74, 6) is 0.323. The molecule has 0 saturated heterocycles. The first-order valence-electron chi connectivity index (χ1n) is 11.6. The molecule has 5 rings (SSSR count). The molecule has 2 heterocycles. The van der Waals surface area contributed by atoms with Crippen molar-refractivity contribution in [1.82, 2.24) is 0 Å². The lowest BCUT2D eigenvalue weighted by Crippen LogP contribution is -2.33. The van der Waals surface area contributed by atoms with Crippen molar-refractivity contribution in [3.8, 4) is 11.5 Å². The fourth-order valence-corrected chi connectivity index (χ4v) is 5.13. The number of nitrogens with zero attached hydrogens (tertiary/aromatic N) is 2. The predicted molar refractivity (Wildman–Crippen MR) is 128 cm³/mol. The van der Waals surface area contributed by atoms with Crippen molar-refractivity contribution in [2.45, 2.75) is 32.6 Å². The summed E-state index contributed by atoms with van der Waals surface area (Å²) in [7, 11) is 3.39. The second-order valence-corrected chi connectivity index (χ2v) is 8.06. The van der Waals surface area contributed by atoms with E-state index in [-0.39, 0.29) is 0 Å². The zero-order chi connectivity index (χ0) is 22.5. The van der Waals surface area contributed by atoms with Crippen molar-refractivity contribution in [2.75, 3.05) is 37.1 Å². The molecule has 0 amide bonds. The van der Waals surface area contributed by atoms with E-state index in [1.807, 2.05) is 24.3 Å². The van der Waals surface area contributed by atoms with Crippen LogP contribution in [0.5, 0.6) is 11.5 Å². The number of hydrogen-bond donors (Lipinski definition) is 0. The maximum absolute atomic E-state index is 10.2. The Morgan fingerprint density at radius 3 is 1.45 bits per heavy atom. The highest BCUT2D eigenvalue weighted by molar-refractivity contribution is 5.91. The average molecular weight is 416 g/mol. The number of benzene rings is 3. The SMILES string of the molecule is [2H]C12c3c(OC)cccc3N(CCC)c3cccc(c31)N(CCC)c1cccc(OC)c12. The molecule has 0 atom stereocenters. The molecule has 4 nitrogen and oxygen atoms in total. The molecular weight excluding hydrogens is 384 g/mol. The number of fused-ring (bicyclic) bond motifs is 4. The Bertz CT molecular complexity index is 1090. The van der Waals surface area contributed by atoms with Gasteiger partial charge in [0.2, 0.25) is 0 Å².